The van der Waals surface area contributed by atoms with E-state index in [1.165, 1.54) is 19.3 Å². The zero-order valence-corrected chi connectivity index (χ0v) is 16.0. The van der Waals surface area contributed by atoms with Crippen molar-refractivity contribution in [1.29, 1.82) is 0 Å². The van der Waals surface area contributed by atoms with E-state index in [-0.39, 0.29) is 0 Å². The van der Waals surface area contributed by atoms with Crippen LogP contribution in [0.2, 0.25) is 0 Å². The van der Waals surface area contributed by atoms with Crippen molar-refractivity contribution in [2.45, 2.75) is 51.0 Å². The minimum Gasteiger partial charge on any atom is -0.383 e. The summed E-state index contributed by atoms with van der Waals surface area (Å²) in [7, 11) is 3.56. The van der Waals surface area contributed by atoms with Crippen molar-refractivity contribution in [2.75, 3.05) is 53.6 Å². The molecular weight excluding hydrogens is 316 g/mol. The Morgan fingerprint density at radius 3 is 2.68 bits per heavy atom. The summed E-state index contributed by atoms with van der Waals surface area (Å²) < 4.78 is 10.7. The molecule has 1 atom stereocenters. The first kappa shape index (κ1) is 18.9. The molecule has 2 aliphatic heterocycles. The van der Waals surface area contributed by atoms with Crippen LogP contribution in [0.5, 0.6) is 0 Å². The number of likely N-dealkylation sites (tertiary alicyclic amines) is 2. The molecule has 5 heteroatoms. The van der Waals surface area contributed by atoms with Gasteiger partial charge in [-0.2, -0.15) is 0 Å². The molecule has 1 amide bonds. The van der Waals surface area contributed by atoms with Gasteiger partial charge in [0, 0.05) is 52.0 Å². The van der Waals surface area contributed by atoms with Crippen LogP contribution in [0.25, 0.3) is 0 Å². The highest BCUT2D eigenvalue weighted by Gasteiger charge is 2.45. The third-order valence-electron chi connectivity index (χ3n) is 6.34. The van der Waals surface area contributed by atoms with Crippen molar-refractivity contribution in [1.82, 2.24) is 9.80 Å². The lowest BCUT2D eigenvalue weighted by molar-refractivity contribution is -0.129. The van der Waals surface area contributed by atoms with Crippen LogP contribution in [0.1, 0.15) is 44.9 Å². The number of methoxy groups -OCH3 is 2. The van der Waals surface area contributed by atoms with Crippen molar-refractivity contribution in [3.63, 3.8) is 0 Å². The Morgan fingerprint density at radius 2 is 2.04 bits per heavy atom. The van der Waals surface area contributed by atoms with Gasteiger partial charge >= 0.3 is 0 Å². The third-order valence-corrected chi connectivity index (χ3v) is 6.34. The average Bonchev–Trinajstić information content (AvgIpc) is 2.98. The van der Waals surface area contributed by atoms with Crippen molar-refractivity contribution in [2.24, 2.45) is 5.41 Å². The molecule has 0 N–H and O–H groups in total. The zero-order valence-electron chi connectivity index (χ0n) is 16.0. The summed E-state index contributed by atoms with van der Waals surface area (Å²) >= 11 is 0. The molecule has 2 fully saturated rings. The van der Waals surface area contributed by atoms with Crippen LogP contribution in [-0.4, -0.2) is 75.4 Å². The summed E-state index contributed by atoms with van der Waals surface area (Å²) in [5.74, 6) is 0.303. The molecule has 0 saturated carbocycles. The first-order valence-electron chi connectivity index (χ1n) is 9.88. The smallest absolute Gasteiger partial charge is 0.249 e. The molecular formula is C20H34N2O3. The van der Waals surface area contributed by atoms with Gasteiger partial charge < -0.3 is 14.4 Å². The molecule has 25 heavy (non-hydrogen) atoms. The predicted octanol–water partition coefficient (Wildman–Crippen LogP) is 2.46. The maximum Gasteiger partial charge on any atom is 0.249 e. The van der Waals surface area contributed by atoms with Crippen LogP contribution in [0, 0.1) is 5.41 Å². The fraction of sp³-hybridized carbons (Fsp3) is 0.850. The van der Waals surface area contributed by atoms with Crippen LogP contribution in [-0.2, 0) is 14.3 Å². The number of hydrogen-bond acceptors (Lipinski definition) is 4. The van der Waals surface area contributed by atoms with Crippen LogP contribution < -0.4 is 0 Å². The Kier molecular flexibility index (Phi) is 6.53. The van der Waals surface area contributed by atoms with E-state index in [0.29, 0.717) is 17.4 Å². The number of hydrogen-bond donors (Lipinski definition) is 0. The van der Waals surface area contributed by atoms with Gasteiger partial charge in [0.1, 0.15) is 0 Å². The quantitative estimate of drug-likeness (QED) is 0.738. The topological polar surface area (TPSA) is 42.0 Å². The van der Waals surface area contributed by atoms with E-state index in [4.69, 9.17) is 9.47 Å². The molecule has 0 bridgehead atoms. The Hall–Kier alpha value is -0.910. The van der Waals surface area contributed by atoms with Crippen molar-refractivity contribution < 1.29 is 14.3 Å². The third kappa shape index (κ3) is 4.44. The summed E-state index contributed by atoms with van der Waals surface area (Å²) in [6, 6.07) is 0.489. The Balaban J connectivity index is 1.57. The summed E-state index contributed by atoms with van der Waals surface area (Å²) in [5.41, 5.74) is 1.42. The number of carbonyl (C=O) groups excluding carboxylic acids is 1. The monoisotopic (exact) mass is 350 g/mol. The summed E-state index contributed by atoms with van der Waals surface area (Å²) in [6.07, 6.45) is 10.1. The molecule has 1 spiro atoms. The zero-order chi connectivity index (χ0) is 17.7. The van der Waals surface area contributed by atoms with E-state index in [0.717, 1.165) is 70.6 Å². The van der Waals surface area contributed by atoms with E-state index < -0.39 is 0 Å². The van der Waals surface area contributed by atoms with E-state index in [2.05, 4.69) is 15.9 Å². The minimum atomic E-state index is 0.303. The number of allylic oxidation sites excluding steroid dienone is 1. The fourth-order valence-corrected chi connectivity index (χ4v) is 4.86. The molecule has 0 radical (unpaired) electrons. The molecule has 2 heterocycles. The largest absolute Gasteiger partial charge is 0.383 e. The second-order valence-corrected chi connectivity index (χ2v) is 8.04. The molecule has 0 aromatic heterocycles. The first-order chi connectivity index (χ1) is 12.2. The molecule has 2 saturated heterocycles. The van der Waals surface area contributed by atoms with Crippen LogP contribution in [0.4, 0.5) is 0 Å². The Bertz CT molecular complexity index is 483. The maximum absolute atomic E-state index is 12.7. The van der Waals surface area contributed by atoms with Gasteiger partial charge in [-0.15, -0.1) is 0 Å². The SMILES string of the molecule is COCCN1CC2(CCN(C(=O)C3=CCCCC3)CC2)C[C@H]1COC. The van der Waals surface area contributed by atoms with Crippen molar-refractivity contribution >= 4 is 5.91 Å². The average molecular weight is 351 g/mol. The van der Waals surface area contributed by atoms with Gasteiger partial charge in [-0.3, -0.25) is 9.69 Å². The van der Waals surface area contributed by atoms with Gasteiger partial charge in [-0.25, -0.2) is 0 Å². The van der Waals surface area contributed by atoms with Gasteiger partial charge in [0.25, 0.3) is 0 Å². The number of amides is 1. The fourth-order valence-electron chi connectivity index (χ4n) is 4.86. The van der Waals surface area contributed by atoms with Crippen LogP contribution >= 0.6 is 0 Å². The van der Waals surface area contributed by atoms with Crippen molar-refractivity contribution in [3.8, 4) is 0 Å². The highest BCUT2D eigenvalue weighted by atomic mass is 16.5. The number of carbonyl (C=O) groups is 1. The highest BCUT2D eigenvalue weighted by molar-refractivity contribution is 5.93. The normalized spacial score (nSPS) is 26.9. The lowest BCUT2D eigenvalue weighted by atomic mass is 9.76. The van der Waals surface area contributed by atoms with E-state index in [9.17, 15) is 4.79 Å². The van der Waals surface area contributed by atoms with E-state index >= 15 is 0 Å². The first-order valence-corrected chi connectivity index (χ1v) is 9.88. The van der Waals surface area contributed by atoms with E-state index in [1.54, 1.807) is 14.2 Å². The van der Waals surface area contributed by atoms with Gasteiger partial charge in [0.2, 0.25) is 5.91 Å². The van der Waals surface area contributed by atoms with Gasteiger partial charge in [-0.05, 0) is 50.4 Å². The molecule has 3 rings (SSSR count). The van der Waals surface area contributed by atoms with Gasteiger partial charge in [-0.1, -0.05) is 6.08 Å². The number of rotatable bonds is 6. The van der Waals surface area contributed by atoms with Crippen molar-refractivity contribution in [3.05, 3.63) is 11.6 Å². The van der Waals surface area contributed by atoms with Crippen LogP contribution in [0.15, 0.2) is 11.6 Å². The maximum atomic E-state index is 12.7. The minimum absolute atomic E-state index is 0.303. The van der Waals surface area contributed by atoms with E-state index in [1.807, 2.05) is 0 Å². The van der Waals surface area contributed by atoms with Gasteiger partial charge in [0.15, 0.2) is 0 Å². The molecule has 0 aromatic carbocycles. The lowest BCUT2D eigenvalue weighted by Crippen LogP contribution is -2.45. The molecule has 0 unspecified atom stereocenters. The lowest BCUT2D eigenvalue weighted by Gasteiger charge is -2.40. The second-order valence-electron chi connectivity index (χ2n) is 8.04. The summed E-state index contributed by atoms with van der Waals surface area (Å²) in [6.45, 7) is 5.48. The predicted molar refractivity (Wildman–Crippen MR) is 98.5 cm³/mol. The molecule has 5 nitrogen and oxygen atoms in total. The summed E-state index contributed by atoms with van der Waals surface area (Å²) in [5, 5.41) is 0. The standard InChI is InChI=1S/C20H34N2O3/c1-24-13-12-22-16-20(14-18(22)15-25-2)8-10-21(11-9-20)19(23)17-6-4-3-5-7-17/h6,18H,3-5,7-16H2,1-2H3/t18-/m0/s1. The highest BCUT2D eigenvalue weighted by Crippen LogP contribution is 2.43. The Labute approximate surface area is 152 Å². The van der Waals surface area contributed by atoms with Crippen LogP contribution in [0.3, 0.4) is 0 Å². The second kappa shape index (κ2) is 8.65. The molecule has 3 aliphatic rings. The molecule has 142 valence electrons. The number of ether oxygens (including phenoxy) is 2. The molecule has 0 aromatic rings. The number of nitrogens with zero attached hydrogens (tertiary/aromatic N) is 2. The summed E-state index contributed by atoms with van der Waals surface area (Å²) in [4.78, 5) is 17.4. The van der Waals surface area contributed by atoms with Gasteiger partial charge in [0.05, 0.1) is 13.2 Å². The Morgan fingerprint density at radius 1 is 1.24 bits per heavy atom. The number of piperidine rings is 1. The molecule has 1 aliphatic carbocycles.